The lowest BCUT2D eigenvalue weighted by atomic mass is 10.00. The highest BCUT2D eigenvalue weighted by Gasteiger charge is 2.26. The van der Waals surface area contributed by atoms with Gasteiger partial charge in [-0.3, -0.25) is 9.59 Å². The van der Waals surface area contributed by atoms with Crippen molar-refractivity contribution < 1.29 is 18.7 Å². The van der Waals surface area contributed by atoms with Crippen LogP contribution in [0, 0.1) is 0 Å². The Bertz CT molecular complexity index is 1060. The number of fused-ring (bicyclic) bond motifs is 1. The van der Waals surface area contributed by atoms with Gasteiger partial charge in [-0.1, -0.05) is 30.3 Å². The van der Waals surface area contributed by atoms with E-state index in [4.69, 9.17) is 9.15 Å². The number of hydrogen-bond acceptors (Lipinski definition) is 4. The molecule has 0 aliphatic carbocycles. The molecule has 4 rings (SSSR count). The van der Waals surface area contributed by atoms with Gasteiger partial charge >= 0.3 is 0 Å². The minimum Gasteiger partial charge on any atom is -0.493 e. The number of amides is 2. The Balaban J connectivity index is 1.58. The van der Waals surface area contributed by atoms with Gasteiger partial charge in [0.2, 0.25) is 0 Å². The molecule has 1 unspecified atom stereocenters. The highest BCUT2D eigenvalue weighted by atomic mass is 79.9. The molecule has 0 radical (unpaired) electrons. The topological polar surface area (TPSA) is 71.8 Å². The monoisotopic (exact) mass is 454 g/mol. The van der Waals surface area contributed by atoms with Crippen molar-refractivity contribution in [1.82, 2.24) is 5.32 Å². The van der Waals surface area contributed by atoms with Crippen LogP contribution < -0.4 is 15.0 Å². The molecule has 1 atom stereocenters. The molecule has 0 bridgehead atoms. The SMILES string of the molecule is CN(C(=O)c1ccc(Br)o1)c1ccccc1C(=O)NC1CCOc2ccccc21. The van der Waals surface area contributed by atoms with E-state index >= 15 is 0 Å². The van der Waals surface area contributed by atoms with Gasteiger partial charge in [-0.15, -0.1) is 0 Å². The maximum Gasteiger partial charge on any atom is 0.293 e. The van der Waals surface area contributed by atoms with Crippen LogP contribution in [0.1, 0.15) is 38.9 Å². The van der Waals surface area contributed by atoms with E-state index in [0.717, 1.165) is 11.3 Å². The first-order valence-corrected chi connectivity index (χ1v) is 9.99. The molecule has 148 valence electrons. The van der Waals surface area contributed by atoms with Crippen LogP contribution >= 0.6 is 15.9 Å². The van der Waals surface area contributed by atoms with Gasteiger partial charge in [0, 0.05) is 19.0 Å². The first-order chi connectivity index (χ1) is 14.0. The Morgan fingerprint density at radius 1 is 1.07 bits per heavy atom. The number of hydrogen-bond donors (Lipinski definition) is 1. The lowest BCUT2D eigenvalue weighted by Crippen LogP contribution is -2.34. The fourth-order valence-electron chi connectivity index (χ4n) is 3.39. The third-order valence-corrected chi connectivity index (χ3v) is 5.29. The van der Waals surface area contributed by atoms with Crippen LogP contribution in [0.5, 0.6) is 5.75 Å². The molecule has 1 aliphatic heterocycles. The van der Waals surface area contributed by atoms with Crippen molar-refractivity contribution in [2.24, 2.45) is 0 Å². The van der Waals surface area contributed by atoms with Crippen LogP contribution in [0.15, 0.2) is 69.8 Å². The number of furan rings is 1. The number of ether oxygens (including phenoxy) is 1. The summed E-state index contributed by atoms with van der Waals surface area (Å²) in [6.45, 7) is 0.537. The Kier molecular flexibility index (Phi) is 5.40. The van der Waals surface area contributed by atoms with Crippen LogP contribution in [0.4, 0.5) is 5.69 Å². The Hall–Kier alpha value is -3.06. The van der Waals surface area contributed by atoms with Gasteiger partial charge < -0.3 is 19.4 Å². The molecule has 29 heavy (non-hydrogen) atoms. The molecule has 3 aromatic rings. The minimum absolute atomic E-state index is 0.150. The van der Waals surface area contributed by atoms with Gasteiger partial charge in [0.15, 0.2) is 10.4 Å². The van der Waals surface area contributed by atoms with Crippen molar-refractivity contribution in [3.05, 3.63) is 82.2 Å². The number of halogens is 1. The fraction of sp³-hybridized carbons (Fsp3) is 0.182. The zero-order valence-electron chi connectivity index (χ0n) is 15.7. The Morgan fingerprint density at radius 3 is 2.62 bits per heavy atom. The predicted octanol–water partition coefficient (Wildman–Crippen LogP) is 4.57. The summed E-state index contributed by atoms with van der Waals surface area (Å²) in [4.78, 5) is 27.3. The lowest BCUT2D eigenvalue weighted by Gasteiger charge is -2.27. The van der Waals surface area contributed by atoms with Crippen molar-refractivity contribution >= 4 is 33.4 Å². The van der Waals surface area contributed by atoms with Gasteiger partial charge in [-0.05, 0) is 46.3 Å². The second kappa shape index (κ2) is 8.13. The average molecular weight is 455 g/mol. The second-order valence-corrected chi connectivity index (χ2v) is 7.47. The minimum atomic E-state index is -0.340. The van der Waals surface area contributed by atoms with Gasteiger partial charge in [0.05, 0.1) is 23.9 Å². The predicted molar refractivity (Wildman–Crippen MR) is 112 cm³/mol. The van der Waals surface area contributed by atoms with E-state index in [1.807, 2.05) is 24.3 Å². The van der Waals surface area contributed by atoms with E-state index in [1.165, 1.54) is 4.90 Å². The molecule has 7 heteroatoms. The third-order valence-electron chi connectivity index (χ3n) is 4.86. The standard InChI is InChI=1S/C22H19BrN2O4/c1-25(22(27)19-10-11-20(23)29-19)17-8-4-2-7-15(17)21(26)24-16-12-13-28-18-9-5-3-6-14(16)18/h2-11,16H,12-13H2,1H3,(H,24,26). The number of carbonyl (C=O) groups is 2. The van der Waals surface area contributed by atoms with Crippen LogP contribution in [-0.2, 0) is 0 Å². The number of benzene rings is 2. The summed E-state index contributed by atoms with van der Waals surface area (Å²) in [6, 6.07) is 17.8. The summed E-state index contributed by atoms with van der Waals surface area (Å²) in [7, 11) is 1.62. The molecule has 1 aromatic heterocycles. The highest BCUT2D eigenvalue weighted by molar-refractivity contribution is 9.10. The van der Waals surface area contributed by atoms with E-state index in [9.17, 15) is 9.59 Å². The summed E-state index contributed by atoms with van der Waals surface area (Å²) in [5.41, 5.74) is 1.87. The summed E-state index contributed by atoms with van der Waals surface area (Å²) in [5.74, 6) is 0.385. The Labute approximate surface area is 176 Å². The number of nitrogens with one attached hydrogen (secondary N) is 1. The summed E-state index contributed by atoms with van der Waals surface area (Å²) < 4.78 is 11.5. The molecule has 1 N–H and O–H groups in total. The number of anilines is 1. The maximum atomic E-state index is 13.1. The van der Waals surface area contributed by atoms with E-state index in [0.29, 0.717) is 28.9 Å². The molecule has 0 spiro atoms. The van der Waals surface area contributed by atoms with Crippen molar-refractivity contribution in [1.29, 1.82) is 0 Å². The summed E-state index contributed by atoms with van der Waals surface area (Å²) in [6.07, 6.45) is 0.681. The largest absolute Gasteiger partial charge is 0.493 e. The van der Waals surface area contributed by atoms with Crippen LogP contribution in [0.2, 0.25) is 0 Å². The zero-order chi connectivity index (χ0) is 20.4. The second-order valence-electron chi connectivity index (χ2n) is 6.69. The number of carbonyl (C=O) groups excluding carboxylic acids is 2. The van der Waals surface area contributed by atoms with Crippen LogP contribution in [-0.4, -0.2) is 25.5 Å². The molecular formula is C22H19BrN2O4. The number of para-hydroxylation sites is 2. The molecule has 2 amide bonds. The van der Waals surface area contributed by atoms with E-state index in [2.05, 4.69) is 21.2 Å². The van der Waals surface area contributed by atoms with Crippen molar-refractivity contribution in [3.8, 4) is 5.75 Å². The fourth-order valence-corrected chi connectivity index (χ4v) is 3.70. The molecule has 6 nitrogen and oxygen atoms in total. The number of rotatable bonds is 4. The summed E-state index contributed by atoms with van der Waals surface area (Å²) >= 11 is 3.20. The molecule has 2 aromatic carbocycles. The smallest absolute Gasteiger partial charge is 0.293 e. The van der Waals surface area contributed by atoms with Crippen LogP contribution in [0.25, 0.3) is 0 Å². The molecule has 0 saturated heterocycles. The first kappa shape index (κ1) is 19.3. The first-order valence-electron chi connectivity index (χ1n) is 9.19. The zero-order valence-corrected chi connectivity index (χ0v) is 17.3. The lowest BCUT2D eigenvalue weighted by molar-refractivity contribution is 0.0925. The molecule has 0 fully saturated rings. The third kappa shape index (κ3) is 3.91. The van der Waals surface area contributed by atoms with Gasteiger partial charge in [0.1, 0.15) is 5.75 Å². The van der Waals surface area contributed by atoms with Crippen molar-refractivity contribution in [2.75, 3.05) is 18.6 Å². The summed E-state index contributed by atoms with van der Waals surface area (Å²) in [5, 5.41) is 3.08. The van der Waals surface area contributed by atoms with E-state index < -0.39 is 0 Å². The van der Waals surface area contributed by atoms with Crippen molar-refractivity contribution in [3.63, 3.8) is 0 Å². The van der Waals surface area contributed by atoms with Crippen molar-refractivity contribution in [2.45, 2.75) is 12.5 Å². The number of nitrogens with zero attached hydrogens (tertiary/aromatic N) is 1. The molecule has 2 heterocycles. The Morgan fingerprint density at radius 2 is 1.83 bits per heavy atom. The normalized spacial score (nSPS) is 15.2. The molecule has 0 saturated carbocycles. The van der Waals surface area contributed by atoms with Crippen LogP contribution in [0.3, 0.4) is 0 Å². The van der Waals surface area contributed by atoms with Gasteiger partial charge in [-0.2, -0.15) is 0 Å². The quantitative estimate of drug-likeness (QED) is 0.626. The van der Waals surface area contributed by atoms with Gasteiger partial charge in [0.25, 0.3) is 11.8 Å². The molecule has 1 aliphatic rings. The molecular weight excluding hydrogens is 436 g/mol. The maximum absolute atomic E-state index is 13.1. The van der Waals surface area contributed by atoms with Gasteiger partial charge in [-0.25, -0.2) is 0 Å². The average Bonchev–Trinajstić information content (AvgIpc) is 3.19. The highest BCUT2D eigenvalue weighted by Crippen LogP contribution is 2.32. The van der Waals surface area contributed by atoms with E-state index in [1.54, 1.807) is 43.4 Å². The van der Waals surface area contributed by atoms with E-state index in [-0.39, 0.29) is 23.6 Å².